The second-order valence-corrected chi connectivity index (χ2v) is 4.45. The minimum absolute atomic E-state index is 0.121. The summed E-state index contributed by atoms with van der Waals surface area (Å²) in [5.41, 5.74) is -0.178. The number of nitro benzene ring substituents is 1. The van der Waals surface area contributed by atoms with E-state index in [0.717, 1.165) is 37.4 Å². The molecular formula is C10H17N2O6P. The highest BCUT2D eigenvalue weighted by Crippen LogP contribution is 2.37. The molecule has 0 saturated carbocycles. The van der Waals surface area contributed by atoms with Crippen LogP contribution in [-0.2, 0) is 4.57 Å². The molecule has 0 fully saturated rings. The zero-order chi connectivity index (χ0) is 14.9. The molecule has 1 rings (SSSR count). The van der Waals surface area contributed by atoms with Crippen molar-refractivity contribution in [3.8, 4) is 5.75 Å². The van der Waals surface area contributed by atoms with Crippen molar-refractivity contribution >= 4 is 13.5 Å². The standard InChI is InChI=1S/C6H6NO6P.C4H11N/c8-7(9)5-1-3-6(4-2-5)13-14(10,11)12;1-3-5-4-2/h1-4H,(H2,10,11,12);5H,3-4H2,1-2H3. The Kier molecular flexibility index (Phi) is 7.94. The molecule has 1 aromatic rings. The van der Waals surface area contributed by atoms with Crippen LogP contribution in [0.15, 0.2) is 24.3 Å². The minimum Gasteiger partial charge on any atom is -0.404 e. The monoisotopic (exact) mass is 292 g/mol. The highest BCUT2D eigenvalue weighted by atomic mass is 31.2. The summed E-state index contributed by atoms with van der Waals surface area (Å²) in [5, 5.41) is 13.3. The van der Waals surface area contributed by atoms with Crippen LogP contribution in [0.1, 0.15) is 13.8 Å². The molecule has 0 atom stereocenters. The maximum atomic E-state index is 10.4. The van der Waals surface area contributed by atoms with Crippen LogP contribution in [0.5, 0.6) is 5.75 Å². The van der Waals surface area contributed by atoms with Gasteiger partial charge >= 0.3 is 7.82 Å². The summed E-state index contributed by atoms with van der Waals surface area (Å²) in [6.45, 7) is 6.39. The lowest BCUT2D eigenvalue weighted by Crippen LogP contribution is -2.09. The van der Waals surface area contributed by atoms with E-state index >= 15 is 0 Å². The average Bonchev–Trinajstić information content (AvgIpc) is 2.29. The number of hydrogen-bond acceptors (Lipinski definition) is 5. The minimum atomic E-state index is -4.60. The summed E-state index contributed by atoms with van der Waals surface area (Å²) < 4.78 is 14.5. The van der Waals surface area contributed by atoms with Crippen LogP contribution in [0.4, 0.5) is 5.69 Å². The lowest BCUT2D eigenvalue weighted by atomic mass is 10.3. The van der Waals surface area contributed by atoms with Crippen LogP contribution in [-0.4, -0.2) is 27.8 Å². The molecule has 0 spiro atoms. The van der Waals surface area contributed by atoms with Crippen molar-refractivity contribution in [3.63, 3.8) is 0 Å². The number of nitro groups is 1. The lowest BCUT2D eigenvalue weighted by Gasteiger charge is -2.05. The van der Waals surface area contributed by atoms with E-state index in [1.165, 1.54) is 0 Å². The number of phosphoric ester groups is 1. The maximum absolute atomic E-state index is 10.4. The van der Waals surface area contributed by atoms with Crippen LogP contribution in [0.3, 0.4) is 0 Å². The SMILES string of the molecule is CCNCC.O=[N+]([O-])c1ccc(OP(=O)(O)O)cc1. The van der Waals surface area contributed by atoms with Crippen molar-refractivity contribution in [2.24, 2.45) is 0 Å². The van der Waals surface area contributed by atoms with Crippen LogP contribution < -0.4 is 9.84 Å². The fourth-order valence-corrected chi connectivity index (χ4v) is 1.41. The highest BCUT2D eigenvalue weighted by Gasteiger charge is 2.16. The molecule has 108 valence electrons. The first-order chi connectivity index (χ1) is 8.80. The Bertz CT molecular complexity index is 428. The van der Waals surface area contributed by atoms with Crippen molar-refractivity contribution < 1.29 is 23.8 Å². The van der Waals surface area contributed by atoms with Crippen LogP contribution in [0.25, 0.3) is 0 Å². The molecule has 9 heteroatoms. The Balaban J connectivity index is 0.000000555. The van der Waals surface area contributed by atoms with Crippen molar-refractivity contribution in [2.75, 3.05) is 13.1 Å². The van der Waals surface area contributed by atoms with E-state index in [9.17, 15) is 14.7 Å². The average molecular weight is 292 g/mol. The molecule has 0 bridgehead atoms. The summed E-state index contributed by atoms with van der Waals surface area (Å²) in [7, 11) is -4.60. The zero-order valence-electron chi connectivity index (χ0n) is 10.6. The number of nitrogens with zero attached hydrogens (tertiary/aromatic N) is 1. The van der Waals surface area contributed by atoms with E-state index in [1.807, 2.05) is 0 Å². The molecule has 0 radical (unpaired) electrons. The number of rotatable bonds is 5. The quantitative estimate of drug-likeness (QED) is 0.428. The first kappa shape index (κ1) is 17.5. The predicted molar refractivity (Wildman–Crippen MR) is 70.0 cm³/mol. The molecule has 0 aliphatic carbocycles. The van der Waals surface area contributed by atoms with E-state index in [1.54, 1.807) is 0 Å². The molecule has 0 amide bonds. The van der Waals surface area contributed by atoms with Gasteiger partial charge in [0.05, 0.1) is 4.92 Å². The number of benzene rings is 1. The zero-order valence-corrected chi connectivity index (χ0v) is 11.5. The van der Waals surface area contributed by atoms with Crippen molar-refractivity contribution in [1.29, 1.82) is 0 Å². The van der Waals surface area contributed by atoms with Crippen LogP contribution in [0.2, 0.25) is 0 Å². The molecule has 3 N–H and O–H groups in total. The molecule has 8 nitrogen and oxygen atoms in total. The fourth-order valence-electron chi connectivity index (χ4n) is 1.02. The van der Waals surface area contributed by atoms with Gasteiger partial charge in [0.1, 0.15) is 5.75 Å². The molecule has 0 aromatic heterocycles. The molecule has 0 aliphatic heterocycles. The van der Waals surface area contributed by atoms with E-state index in [-0.39, 0.29) is 11.4 Å². The van der Waals surface area contributed by atoms with Gasteiger partial charge in [-0.25, -0.2) is 4.57 Å². The molecule has 0 aliphatic rings. The van der Waals surface area contributed by atoms with Gasteiger partial charge in [-0.2, -0.15) is 0 Å². The van der Waals surface area contributed by atoms with Gasteiger partial charge in [0.25, 0.3) is 5.69 Å². The largest absolute Gasteiger partial charge is 0.524 e. The number of phosphoric acid groups is 1. The molecular weight excluding hydrogens is 275 g/mol. The lowest BCUT2D eigenvalue weighted by molar-refractivity contribution is -0.384. The summed E-state index contributed by atoms with van der Waals surface area (Å²) in [4.78, 5) is 26.4. The van der Waals surface area contributed by atoms with E-state index < -0.39 is 12.7 Å². The molecule has 1 aromatic carbocycles. The van der Waals surface area contributed by atoms with Gasteiger partial charge in [-0.05, 0) is 25.2 Å². The van der Waals surface area contributed by atoms with Gasteiger partial charge in [0, 0.05) is 12.1 Å². The Hall–Kier alpha value is -1.47. The molecule has 0 unspecified atom stereocenters. The maximum Gasteiger partial charge on any atom is 0.524 e. The highest BCUT2D eigenvalue weighted by molar-refractivity contribution is 7.46. The van der Waals surface area contributed by atoms with E-state index in [2.05, 4.69) is 23.7 Å². The topological polar surface area (TPSA) is 122 Å². The first-order valence-corrected chi connectivity index (χ1v) is 7.03. The van der Waals surface area contributed by atoms with Gasteiger partial charge in [-0.15, -0.1) is 0 Å². The Labute approximate surface area is 110 Å². The fraction of sp³-hybridized carbons (Fsp3) is 0.400. The summed E-state index contributed by atoms with van der Waals surface area (Å²) in [5.74, 6) is -0.121. The Morgan fingerprint density at radius 3 is 2.00 bits per heavy atom. The van der Waals surface area contributed by atoms with Gasteiger partial charge in [-0.3, -0.25) is 19.9 Å². The van der Waals surface area contributed by atoms with Crippen LogP contribution in [0, 0.1) is 10.1 Å². The molecule has 0 heterocycles. The van der Waals surface area contributed by atoms with Gasteiger partial charge < -0.3 is 9.84 Å². The Morgan fingerprint density at radius 2 is 1.74 bits per heavy atom. The van der Waals surface area contributed by atoms with Crippen molar-refractivity contribution in [2.45, 2.75) is 13.8 Å². The van der Waals surface area contributed by atoms with Crippen molar-refractivity contribution in [1.82, 2.24) is 5.32 Å². The number of hydrogen-bond donors (Lipinski definition) is 3. The second-order valence-electron chi connectivity index (χ2n) is 3.29. The van der Waals surface area contributed by atoms with Gasteiger partial charge in [0.15, 0.2) is 0 Å². The predicted octanol–water partition coefficient (Wildman–Crippen LogP) is 1.68. The van der Waals surface area contributed by atoms with Crippen molar-refractivity contribution in [3.05, 3.63) is 34.4 Å². The molecule has 0 saturated heterocycles. The van der Waals surface area contributed by atoms with E-state index in [0.29, 0.717) is 0 Å². The second kappa shape index (κ2) is 8.60. The summed E-state index contributed by atoms with van der Waals surface area (Å²) in [6.07, 6.45) is 0. The summed E-state index contributed by atoms with van der Waals surface area (Å²) in [6, 6.07) is 4.39. The number of non-ortho nitro benzene ring substituents is 1. The first-order valence-electron chi connectivity index (χ1n) is 5.50. The smallest absolute Gasteiger partial charge is 0.404 e. The molecule has 19 heavy (non-hydrogen) atoms. The summed E-state index contributed by atoms with van der Waals surface area (Å²) >= 11 is 0. The third-order valence-electron chi connectivity index (χ3n) is 1.77. The normalized spacial score (nSPS) is 10.3. The third kappa shape index (κ3) is 9.15. The van der Waals surface area contributed by atoms with E-state index in [4.69, 9.17) is 9.79 Å². The van der Waals surface area contributed by atoms with Gasteiger partial charge in [0.2, 0.25) is 0 Å². The Morgan fingerprint density at radius 1 is 1.26 bits per heavy atom. The number of nitrogens with one attached hydrogen (secondary N) is 1. The van der Waals surface area contributed by atoms with Gasteiger partial charge in [-0.1, -0.05) is 13.8 Å². The third-order valence-corrected chi connectivity index (χ3v) is 2.22. The van der Waals surface area contributed by atoms with Crippen LogP contribution >= 0.6 is 7.82 Å².